The third-order valence-corrected chi connectivity index (χ3v) is 4.32. The highest BCUT2D eigenvalue weighted by molar-refractivity contribution is 7.91. The molecule has 0 bridgehead atoms. The molecule has 1 rings (SSSR count). The highest BCUT2D eigenvalue weighted by Gasteiger charge is 2.35. The number of aliphatic carboxylic acids is 1. The molecule has 1 fully saturated rings. The van der Waals surface area contributed by atoms with Gasteiger partial charge in [-0.25, -0.2) is 13.2 Å². The maximum atomic E-state index is 11.7. The van der Waals surface area contributed by atoms with Crippen LogP contribution in [0, 0.1) is 0 Å². The van der Waals surface area contributed by atoms with Crippen LogP contribution in [-0.4, -0.2) is 67.6 Å². The van der Waals surface area contributed by atoms with Gasteiger partial charge in [-0.05, 0) is 0 Å². The first-order valence-corrected chi connectivity index (χ1v) is 7.34. The van der Waals surface area contributed by atoms with E-state index in [-0.39, 0.29) is 37.6 Å². The van der Waals surface area contributed by atoms with E-state index in [2.05, 4.69) is 5.32 Å². The number of rotatable bonds is 4. The molecule has 0 radical (unpaired) electrons. The Labute approximate surface area is 105 Å². The van der Waals surface area contributed by atoms with Crippen LogP contribution in [0.5, 0.6) is 0 Å². The summed E-state index contributed by atoms with van der Waals surface area (Å²) in [6, 6.07) is -1.29. The van der Waals surface area contributed by atoms with Gasteiger partial charge in [0.05, 0.1) is 24.0 Å². The van der Waals surface area contributed by atoms with E-state index in [1.165, 1.54) is 4.90 Å². The highest BCUT2D eigenvalue weighted by atomic mass is 32.2. The summed E-state index contributed by atoms with van der Waals surface area (Å²) in [6.07, 6.45) is -0.380. The van der Waals surface area contributed by atoms with E-state index in [0.29, 0.717) is 0 Å². The monoisotopic (exact) mass is 279 g/mol. The minimum absolute atomic E-state index is 0.0106. The van der Waals surface area contributed by atoms with Crippen molar-refractivity contribution in [1.82, 2.24) is 10.2 Å². The van der Waals surface area contributed by atoms with Crippen LogP contribution in [0.25, 0.3) is 0 Å². The number of carbonyl (C=O) groups excluding carboxylic acids is 1. The molecule has 0 aromatic heterocycles. The van der Waals surface area contributed by atoms with Crippen molar-refractivity contribution in [2.45, 2.75) is 12.5 Å². The maximum Gasteiger partial charge on any atom is 0.317 e. The number of hydrogen-bond donors (Lipinski definition) is 3. The van der Waals surface area contributed by atoms with Gasteiger partial charge in [-0.1, -0.05) is 0 Å². The van der Waals surface area contributed by atoms with Crippen LogP contribution in [0.1, 0.15) is 6.42 Å². The van der Waals surface area contributed by atoms with Crippen LogP contribution in [0.2, 0.25) is 0 Å². The zero-order valence-electron chi connectivity index (χ0n) is 9.83. The van der Waals surface area contributed by atoms with Crippen LogP contribution in [0.3, 0.4) is 0 Å². The smallest absolute Gasteiger partial charge is 0.317 e. The third kappa shape index (κ3) is 4.15. The van der Waals surface area contributed by atoms with Crippen molar-refractivity contribution >= 4 is 21.8 Å². The van der Waals surface area contributed by atoms with Crippen molar-refractivity contribution < 1.29 is 23.1 Å². The third-order valence-electron chi connectivity index (χ3n) is 2.62. The highest BCUT2D eigenvalue weighted by Crippen LogP contribution is 2.15. The summed E-state index contributed by atoms with van der Waals surface area (Å²) in [4.78, 5) is 23.7. The Balaban J connectivity index is 2.74. The minimum Gasteiger partial charge on any atom is -0.481 e. The fourth-order valence-corrected chi connectivity index (χ4v) is 3.33. The molecule has 1 heterocycles. The van der Waals surface area contributed by atoms with Gasteiger partial charge in [0.25, 0.3) is 0 Å². The molecule has 0 spiro atoms. The normalized spacial score (nSPS) is 22.5. The van der Waals surface area contributed by atoms with E-state index in [0.717, 1.165) is 0 Å². The molecular formula is C9H17N3O5S. The average Bonchev–Trinajstić information content (AvgIpc) is 2.24. The van der Waals surface area contributed by atoms with Crippen LogP contribution in [0.15, 0.2) is 0 Å². The molecule has 2 amide bonds. The Morgan fingerprint density at radius 2 is 2.11 bits per heavy atom. The summed E-state index contributed by atoms with van der Waals surface area (Å²) < 4.78 is 22.9. The fraction of sp³-hybridized carbons (Fsp3) is 0.778. The standard InChI is InChI=1S/C9H17N3O5S/c10-1-2-11-9(15)12-3-4-18(16,17)6-7(12)5-8(13)14/h7H,1-6,10H2,(H,11,15)(H,13,14). The molecule has 104 valence electrons. The number of sulfone groups is 1. The van der Waals surface area contributed by atoms with Gasteiger partial charge in [-0.15, -0.1) is 0 Å². The lowest BCUT2D eigenvalue weighted by Crippen LogP contribution is -2.55. The van der Waals surface area contributed by atoms with Crippen LogP contribution in [-0.2, 0) is 14.6 Å². The van der Waals surface area contributed by atoms with Gasteiger partial charge in [-0.3, -0.25) is 4.79 Å². The number of urea groups is 1. The number of carbonyl (C=O) groups is 2. The predicted octanol–water partition coefficient (Wildman–Crippen LogP) is -1.77. The number of carboxylic acid groups (broad SMARTS) is 1. The van der Waals surface area contributed by atoms with E-state index >= 15 is 0 Å². The summed E-state index contributed by atoms with van der Waals surface area (Å²) >= 11 is 0. The number of nitrogens with one attached hydrogen (secondary N) is 1. The Morgan fingerprint density at radius 1 is 1.44 bits per heavy atom. The zero-order valence-corrected chi connectivity index (χ0v) is 10.6. The first-order valence-electron chi connectivity index (χ1n) is 5.52. The van der Waals surface area contributed by atoms with E-state index in [4.69, 9.17) is 10.8 Å². The maximum absolute atomic E-state index is 11.7. The summed E-state index contributed by atoms with van der Waals surface area (Å²) in [7, 11) is -3.27. The second-order valence-corrected chi connectivity index (χ2v) is 6.31. The fourth-order valence-electron chi connectivity index (χ4n) is 1.81. The quantitative estimate of drug-likeness (QED) is 0.558. The number of nitrogens with zero attached hydrogens (tertiary/aromatic N) is 1. The summed E-state index contributed by atoms with van der Waals surface area (Å²) in [5.41, 5.74) is 5.24. The summed E-state index contributed by atoms with van der Waals surface area (Å²) in [6.45, 7) is 0.542. The molecule has 1 saturated heterocycles. The zero-order chi connectivity index (χ0) is 13.8. The first-order chi connectivity index (χ1) is 8.35. The molecule has 8 nitrogen and oxygen atoms in total. The van der Waals surface area contributed by atoms with E-state index in [9.17, 15) is 18.0 Å². The van der Waals surface area contributed by atoms with Gasteiger partial charge >= 0.3 is 12.0 Å². The molecule has 0 aliphatic carbocycles. The van der Waals surface area contributed by atoms with Crippen molar-refractivity contribution in [3.05, 3.63) is 0 Å². The lowest BCUT2D eigenvalue weighted by atomic mass is 10.2. The van der Waals surface area contributed by atoms with Gasteiger partial charge in [0, 0.05) is 19.6 Å². The number of carboxylic acids is 1. The summed E-state index contributed by atoms with van der Waals surface area (Å²) in [5, 5.41) is 11.2. The topological polar surface area (TPSA) is 130 Å². The van der Waals surface area contributed by atoms with Crippen molar-refractivity contribution in [3.8, 4) is 0 Å². The molecule has 9 heteroatoms. The Hall–Kier alpha value is -1.35. The van der Waals surface area contributed by atoms with Crippen molar-refractivity contribution in [3.63, 3.8) is 0 Å². The second kappa shape index (κ2) is 6.01. The molecule has 1 aliphatic heterocycles. The Kier molecular flexibility index (Phi) is 4.91. The van der Waals surface area contributed by atoms with E-state index < -0.39 is 27.9 Å². The van der Waals surface area contributed by atoms with E-state index in [1.54, 1.807) is 0 Å². The SMILES string of the molecule is NCCNC(=O)N1CCS(=O)(=O)CC1CC(=O)O. The van der Waals surface area contributed by atoms with Crippen molar-refractivity contribution in [1.29, 1.82) is 0 Å². The van der Waals surface area contributed by atoms with Crippen LogP contribution in [0.4, 0.5) is 4.79 Å². The van der Waals surface area contributed by atoms with Crippen molar-refractivity contribution in [2.24, 2.45) is 5.73 Å². The van der Waals surface area contributed by atoms with Gasteiger partial charge in [0.1, 0.15) is 0 Å². The lowest BCUT2D eigenvalue weighted by Gasteiger charge is -2.34. The second-order valence-electron chi connectivity index (χ2n) is 4.08. The van der Waals surface area contributed by atoms with Crippen LogP contribution < -0.4 is 11.1 Å². The van der Waals surface area contributed by atoms with Gasteiger partial charge < -0.3 is 21.1 Å². The van der Waals surface area contributed by atoms with Crippen LogP contribution >= 0.6 is 0 Å². The minimum atomic E-state index is -3.27. The number of amides is 2. The molecular weight excluding hydrogens is 262 g/mol. The first kappa shape index (κ1) is 14.7. The lowest BCUT2D eigenvalue weighted by molar-refractivity contribution is -0.138. The Morgan fingerprint density at radius 3 is 2.67 bits per heavy atom. The van der Waals surface area contributed by atoms with Gasteiger partial charge in [0.15, 0.2) is 9.84 Å². The molecule has 4 N–H and O–H groups in total. The number of nitrogens with two attached hydrogens (primary N) is 1. The number of hydrogen-bond acceptors (Lipinski definition) is 5. The molecule has 1 atom stereocenters. The molecule has 0 saturated carbocycles. The molecule has 0 aromatic rings. The van der Waals surface area contributed by atoms with Gasteiger partial charge in [-0.2, -0.15) is 0 Å². The largest absolute Gasteiger partial charge is 0.481 e. The molecule has 0 aromatic carbocycles. The molecule has 18 heavy (non-hydrogen) atoms. The molecule has 1 unspecified atom stereocenters. The van der Waals surface area contributed by atoms with Crippen molar-refractivity contribution in [2.75, 3.05) is 31.1 Å². The molecule has 1 aliphatic rings. The summed E-state index contributed by atoms with van der Waals surface area (Å²) in [5.74, 6) is -1.58. The van der Waals surface area contributed by atoms with Gasteiger partial charge in [0.2, 0.25) is 0 Å². The Bertz CT molecular complexity index is 422. The average molecular weight is 279 g/mol. The van der Waals surface area contributed by atoms with E-state index in [1.807, 2.05) is 0 Å². The predicted molar refractivity (Wildman–Crippen MR) is 63.9 cm³/mol.